The van der Waals surface area contributed by atoms with Gasteiger partial charge in [-0.3, -0.25) is 9.59 Å². The Morgan fingerprint density at radius 1 is 1.42 bits per heavy atom. The molecule has 1 atom stereocenters. The molecule has 0 aromatic carbocycles. The first-order valence-electron chi connectivity index (χ1n) is 5.50. The second-order valence-corrected chi connectivity index (χ2v) is 6.25. The maximum atomic E-state index is 11.6. The third-order valence-electron chi connectivity index (χ3n) is 2.30. The normalized spacial score (nSPS) is 12.9. The number of carboxylic acids is 1. The lowest BCUT2D eigenvalue weighted by Crippen LogP contribution is -2.28. The molecule has 0 saturated heterocycles. The molecule has 19 heavy (non-hydrogen) atoms. The molecule has 0 saturated carbocycles. The molecular weight excluding hydrogens is 274 g/mol. The van der Waals surface area contributed by atoms with E-state index >= 15 is 0 Å². The minimum atomic E-state index is -3.49. The molecule has 0 bridgehead atoms. The minimum Gasteiger partial charge on any atom is -0.481 e. The summed E-state index contributed by atoms with van der Waals surface area (Å²) in [6, 6.07) is 2.46. The highest BCUT2D eigenvalue weighted by Gasteiger charge is 2.17. The van der Waals surface area contributed by atoms with Crippen LogP contribution in [0.15, 0.2) is 21.6 Å². The van der Waals surface area contributed by atoms with Crippen molar-refractivity contribution in [2.24, 2.45) is 5.92 Å². The summed E-state index contributed by atoms with van der Waals surface area (Å²) in [5, 5.41) is 10.8. The summed E-state index contributed by atoms with van der Waals surface area (Å²) in [6.45, 7) is 1.85. The van der Waals surface area contributed by atoms with Crippen molar-refractivity contribution in [3.8, 4) is 0 Å². The molecule has 0 aliphatic carbocycles. The Kier molecular flexibility index (Phi) is 4.71. The van der Waals surface area contributed by atoms with E-state index in [9.17, 15) is 18.0 Å². The van der Waals surface area contributed by atoms with Crippen LogP contribution in [0.5, 0.6) is 0 Å². The van der Waals surface area contributed by atoms with E-state index in [1.54, 1.807) is 6.92 Å². The summed E-state index contributed by atoms with van der Waals surface area (Å²) >= 11 is 0. The third kappa shape index (κ3) is 4.74. The van der Waals surface area contributed by atoms with Crippen LogP contribution in [0.2, 0.25) is 0 Å². The van der Waals surface area contributed by atoms with E-state index in [1.807, 2.05) is 0 Å². The number of hydrogen-bond donors (Lipinski definition) is 2. The SMILES string of the molecule is CC(CNC(=O)c1ccc(S(C)(=O)=O)o1)CC(=O)O. The van der Waals surface area contributed by atoms with Crippen molar-refractivity contribution in [1.29, 1.82) is 0 Å². The van der Waals surface area contributed by atoms with Crippen LogP contribution in [0.4, 0.5) is 0 Å². The van der Waals surface area contributed by atoms with E-state index in [4.69, 9.17) is 9.52 Å². The Morgan fingerprint density at radius 2 is 2.05 bits per heavy atom. The predicted molar refractivity (Wildman–Crippen MR) is 65.6 cm³/mol. The molecule has 0 aliphatic rings. The molecule has 0 spiro atoms. The van der Waals surface area contributed by atoms with Crippen molar-refractivity contribution in [2.75, 3.05) is 12.8 Å². The number of amides is 1. The van der Waals surface area contributed by atoms with Crippen molar-refractivity contribution < 1.29 is 27.5 Å². The average Bonchev–Trinajstić information content (AvgIpc) is 2.73. The lowest BCUT2D eigenvalue weighted by Gasteiger charge is -2.08. The molecule has 0 radical (unpaired) electrons. The van der Waals surface area contributed by atoms with Crippen LogP contribution < -0.4 is 5.32 Å². The van der Waals surface area contributed by atoms with Gasteiger partial charge < -0.3 is 14.8 Å². The van der Waals surface area contributed by atoms with Crippen molar-refractivity contribution >= 4 is 21.7 Å². The minimum absolute atomic E-state index is 0.0625. The first-order valence-corrected chi connectivity index (χ1v) is 7.39. The fourth-order valence-electron chi connectivity index (χ4n) is 1.37. The van der Waals surface area contributed by atoms with Crippen LogP contribution in [0, 0.1) is 5.92 Å². The number of nitrogens with one attached hydrogen (secondary N) is 1. The second-order valence-electron chi connectivity index (χ2n) is 4.30. The van der Waals surface area contributed by atoms with Crippen LogP contribution >= 0.6 is 0 Å². The number of aliphatic carboxylic acids is 1. The first-order chi connectivity index (χ1) is 8.70. The molecule has 1 aromatic heterocycles. The smallest absolute Gasteiger partial charge is 0.303 e. The molecule has 1 heterocycles. The molecule has 8 heteroatoms. The number of carboxylic acid groups (broad SMARTS) is 1. The van der Waals surface area contributed by atoms with Crippen LogP contribution in [-0.2, 0) is 14.6 Å². The molecule has 106 valence electrons. The summed E-state index contributed by atoms with van der Waals surface area (Å²) in [5.41, 5.74) is 0. The van der Waals surface area contributed by atoms with Crippen molar-refractivity contribution in [2.45, 2.75) is 18.4 Å². The van der Waals surface area contributed by atoms with E-state index in [2.05, 4.69) is 5.32 Å². The number of sulfone groups is 1. The lowest BCUT2D eigenvalue weighted by molar-refractivity contribution is -0.137. The van der Waals surface area contributed by atoms with Gasteiger partial charge in [-0.25, -0.2) is 8.42 Å². The number of carbonyl (C=O) groups excluding carboxylic acids is 1. The maximum Gasteiger partial charge on any atom is 0.303 e. The molecule has 2 N–H and O–H groups in total. The zero-order valence-corrected chi connectivity index (χ0v) is 11.4. The highest BCUT2D eigenvalue weighted by molar-refractivity contribution is 7.90. The molecule has 1 unspecified atom stereocenters. The van der Waals surface area contributed by atoms with E-state index in [1.165, 1.54) is 12.1 Å². The van der Waals surface area contributed by atoms with Gasteiger partial charge in [0.15, 0.2) is 5.76 Å². The molecular formula is C11H15NO6S. The summed E-state index contributed by atoms with van der Waals surface area (Å²) in [4.78, 5) is 22.1. The van der Waals surface area contributed by atoms with Gasteiger partial charge in [-0.2, -0.15) is 0 Å². The molecule has 0 aliphatic heterocycles. The van der Waals surface area contributed by atoms with E-state index in [0.717, 1.165) is 6.26 Å². The Hall–Kier alpha value is -1.83. The summed E-state index contributed by atoms with van der Waals surface area (Å²) < 4.78 is 27.2. The van der Waals surface area contributed by atoms with Crippen molar-refractivity contribution in [3.05, 3.63) is 17.9 Å². The predicted octanol–water partition coefficient (Wildman–Crippen LogP) is 0.524. The molecule has 7 nitrogen and oxygen atoms in total. The summed E-state index contributed by atoms with van der Waals surface area (Å²) in [5.74, 6) is -1.88. The number of rotatable bonds is 6. The van der Waals surface area contributed by atoms with Gasteiger partial charge in [-0.1, -0.05) is 6.92 Å². The van der Waals surface area contributed by atoms with Gasteiger partial charge in [-0.05, 0) is 18.1 Å². The standard InChI is InChI=1S/C11H15NO6S/c1-7(5-9(13)14)6-12-11(15)8-3-4-10(18-8)19(2,16)17/h3-4,7H,5-6H2,1-2H3,(H,12,15)(H,13,14). The topological polar surface area (TPSA) is 114 Å². The zero-order chi connectivity index (χ0) is 14.6. The molecule has 1 rings (SSSR count). The Labute approximate surface area is 110 Å². The maximum absolute atomic E-state index is 11.6. The van der Waals surface area contributed by atoms with Gasteiger partial charge in [0.25, 0.3) is 5.91 Å². The van der Waals surface area contributed by atoms with Gasteiger partial charge in [0, 0.05) is 19.2 Å². The van der Waals surface area contributed by atoms with E-state index in [0.29, 0.717) is 0 Å². The van der Waals surface area contributed by atoms with Gasteiger partial charge in [0.1, 0.15) is 0 Å². The van der Waals surface area contributed by atoms with Crippen molar-refractivity contribution in [3.63, 3.8) is 0 Å². The highest BCUT2D eigenvalue weighted by atomic mass is 32.2. The number of hydrogen-bond acceptors (Lipinski definition) is 5. The van der Waals surface area contributed by atoms with Crippen LogP contribution in [-0.4, -0.2) is 38.2 Å². The first kappa shape index (κ1) is 15.2. The monoisotopic (exact) mass is 289 g/mol. The Morgan fingerprint density at radius 3 is 2.53 bits per heavy atom. The van der Waals surface area contributed by atoms with Gasteiger partial charge >= 0.3 is 5.97 Å². The Balaban J connectivity index is 2.60. The molecule has 1 amide bonds. The third-order valence-corrected chi connectivity index (χ3v) is 3.26. The van der Waals surface area contributed by atoms with E-state index < -0.39 is 21.7 Å². The number of carbonyl (C=O) groups is 2. The summed E-state index contributed by atoms with van der Waals surface area (Å²) in [7, 11) is -3.49. The fourth-order valence-corrected chi connectivity index (χ4v) is 1.92. The second kappa shape index (κ2) is 5.87. The fraction of sp³-hybridized carbons (Fsp3) is 0.455. The van der Waals surface area contributed by atoms with Gasteiger partial charge in [-0.15, -0.1) is 0 Å². The van der Waals surface area contributed by atoms with Crippen LogP contribution in [0.1, 0.15) is 23.9 Å². The van der Waals surface area contributed by atoms with Gasteiger partial charge in [0.2, 0.25) is 14.9 Å². The van der Waals surface area contributed by atoms with Crippen molar-refractivity contribution in [1.82, 2.24) is 5.32 Å². The number of furan rings is 1. The van der Waals surface area contributed by atoms with Crippen LogP contribution in [0.3, 0.4) is 0 Å². The lowest BCUT2D eigenvalue weighted by atomic mass is 10.1. The van der Waals surface area contributed by atoms with E-state index in [-0.39, 0.29) is 29.7 Å². The average molecular weight is 289 g/mol. The molecule has 1 aromatic rings. The largest absolute Gasteiger partial charge is 0.481 e. The molecule has 0 fully saturated rings. The quantitative estimate of drug-likeness (QED) is 0.789. The Bertz CT molecular complexity index is 574. The summed E-state index contributed by atoms with van der Waals surface area (Å²) in [6.07, 6.45) is 0.912. The highest BCUT2D eigenvalue weighted by Crippen LogP contribution is 2.13. The zero-order valence-electron chi connectivity index (χ0n) is 10.5. The van der Waals surface area contributed by atoms with Crippen LogP contribution in [0.25, 0.3) is 0 Å². The van der Waals surface area contributed by atoms with Gasteiger partial charge in [0.05, 0.1) is 0 Å².